The molecule has 0 aliphatic carbocycles. The van der Waals surface area contributed by atoms with Crippen LogP contribution in [0.3, 0.4) is 0 Å². The second-order valence-electron chi connectivity index (χ2n) is 18.3. The predicted octanol–water partition coefficient (Wildman–Crippen LogP) is 6.07. The van der Waals surface area contributed by atoms with Gasteiger partial charge >= 0.3 is 0 Å². The van der Waals surface area contributed by atoms with Crippen molar-refractivity contribution in [3.05, 3.63) is 95.1 Å². The normalized spacial score (nSPS) is 14.0. The fourth-order valence-corrected chi connectivity index (χ4v) is 9.52. The van der Waals surface area contributed by atoms with Crippen molar-refractivity contribution in [1.29, 1.82) is 0 Å². The summed E-state index contributed by atoms with van der Waals surface area (Å²) in [6.45, 7) is 22.4. The van der Waals surface area contributed by atoms with Crippen LogP contribution in [0.2, 0.25) is 0 Å². The first-order chi connectivity index (χ1) is 25.2. The third-order valence-electron chi connectivity index (χ3n) is 11.4. The first-order valence-electron chi connectivity index (χ1n) is 18.7. The van der Waals surface area contributed by atoms with Crippen LogP contribution in [-0.4, -0.2) is 43.2 Å². The Morgan fingerprint density at radius 1 is 0.574 bits per heavy atom. The molecule has 3 heterocycles. The number of phenolic OH excluding ortho intramolecular Hbond substituents is 1. The third kappa shape index (κ3) is 5.51. The minimum atomic E-state index is -0.298. The Hall–Kier alpha value is -4.22. The van der Waals surface area contributed by atoms with E-state index in [-0.39, 0.29) is 50.6 Å². The molecule has 0 unspecified atom stereocenters. The maximum atomic E-state index is 10.8. The molecule has 6 aromatic rings. The summed E-state index contributed by atoms with van der Waals surface area (Å²) in [6.07, 6.45) is 0. The number of thiophene rings is 1. The number of hydrogen-bond acceptors (Lipinski definition) is 4. The maximum absolute atomic E-state index is 10.8. The highest BCUT2D eigenvalue weighted by atomic mass is 32.1. The molecule has 0 amide bonds. The highest BCUT2D eigenvalue weighted by molar-refractivity contribution is 7.33. The smallest absolute Gasteiger partial charge is 0.264 e. The molecule has 0 atom stereocenters. The molecule has 2 aliphatic rings. The van der Waals surface area contributed by atoms with Gasteiger partial charge in [0, 0.05) is 43.3 Å². The molecule has 8 rings (SSSR count). The lowest BCUT2D eigenvalue weighted by atomic mass is 9.36. The molecule has 0 saturated heterocycles. The molecule has 0 spiro atoms. The van der Waals surface area contributed by atoms with Crippen LogP contribution < -0.4 is 47.4 Å². The molecule has 0 bridgehead atoms. The van der Waals surface area contributed by atoms with Crippen LogP contribution in [0.15, 0.2) is 72.8 Å². The third-order valence-corrected chi connectivity index (χ3v) is 12.6. The number of hydrogen-bond donors (Lipinski definition) is 1. The lowest BCUT2D eigenvalue weighted by Crippen LogP contribution is -2.61. The maximum Gasteiger partial charge on any atom is 0.264 e. The highest BCUT2D eigenvalue weighted by Gasteiger charge is 2.46. The van der Waals surface area contributed by atoms with Crippen molar-refractivity contribution in [2.24, 2.45) is 0 Å². The molecular formula is C45H43B5N2OS. The van der Waals surface area contributed by atoms with Crippen molar-refractivity contribution in [2.75, 3.05) is 9.80 Å². The van der Waals surface area contributed by atoms with Gasteiger partial charge in [0.15, 0.2) is 0 Å². The van der Waals surface area contributed by atoms with Gasteiger partial charge in [0.1, 0.15) is 31.4 Å². The van der Waals surface area contributed by atoms with E-state index < -0.39 is 0 Å². The number of anilines is 6. The number of aryl methyl sites for hydroxylation is 1. The van der Waals surface area contributed by atoms with Crippen LogP contribution >= 0.6 is 11.3 Å². The van der Waals surface area contributed by atoms with Gasteiger partial charge in [-0.05, 0) is 98.8 Å². The quantitative estimate of drug-likeness (QED) is 0.221. The number of nitrogens with zero attached hydrogens (tertiary/aromatic N) is 2. The predicted molar refractivity (Wildman–Crippen MR) is 240 cm³/mol. The Morgan fingerprint density at radius 3 is 1.67 bits per heavy atom. The van der Waals surface area contributed by atoms with Crippen LogP contribution in [0.1, 0.15) is 84.6 Å². The van der Waals surface area contributed by atoms with E-state index in [2.05, 4.69) is 152 Å². The van der Waals surface area contributed by atoms with Crippen molar-refractivity contribution < 1.29 is 5.11 Å². The monoisotopic (exact) mass is 714 g/mol. The summed E-state index contributed by atoms with van der Waals surface area (Å²) in [5, 5.41) is 12.1. The fraction of sp³-hybridized carbons (Fsp3) is 0.289. The SMILES string of the molecule is [B]c1c([B])c(N2c3ccc(C(C)(C)C)cc3B3c4sc5ccc(C(C)(C)C)cc5c4N(c4ccc(C(C)(C)C)cc4)c4cc(C)cc2c43)c([B])c([B])c1O. The number of phenols is 1. The van der Waals surface area contributed by atoms with Crippen LogP contribution in [0.25, 0.3) is 10.1 Å². The molecule has 8 radical (unpaired) electrons. The largest absolute Gasteiger partial charge is 0.509 e. The molecule has 9 heteroatoms. The van der Waals surface area contributed by atoms with Gasteiger partial charge in [0.2, 0.25) is 0 Å². The summed E-state index contributed by atoms with van der Waals surface area (Å²) >= 11 is 1.87. The zero-order valence-electron chi connectivity index (χ0n) is 33.1. The molecule has 1 aromatic heterocycles. The van der Waals surface area contributed by atoms with E-state index >= 15 is 0 Å². The Balaban J connectivity index is 1.53. The molecule has 3 nitrogen and oxygen atoms in total. The van der Waals surface area contributed by atoms with E-state index in [0.717, 1.165) is 39.2 Å². The molecule has 1 N–H and O–H groups in total. The average molecular weight is 714 g/mol. The van der Waals surface area contributed by atoms with E-state index in [0.29, 0.717) is 5.69 Å². The summed E-state index contributed by atoms with van der Waals surface area (Å²) in [6, 6.07) is 27.3. The van der Waals surface area contributed by atoms with Gasteiger partial charge in [-0.2, -0.15) is 0 Å². The van der Waals surface area contributed by atoms with Gasteiger partial charge in [-0.15, -0.1) is 11.3 Å². The molecular weight excluding hydrogens is 671 g/mol. The second-order valence-corrected chi connectivity index (χ2v) is 19.4. The second kappa shape index (κ2) is 12.1. The molecule has 260 valence electrons. The average Bonchev–Trinajstić information content (AvgIpc) is 3.48. The summed E-state index contributed by atoms with van der Waals surface area (Å²) in [5.41, 5.74) is 13.2. The number of fused-ring (bicyclic) bond motifs is 6. The van der Waals surface area contributed by atoms with Gasteiger partial charge in [-0.1, -0.05) is 114 Å². The molecule has 0 saturated carbocycles. The van der Waals surface area contributed by atoms with Crippen LogP contribution in [0.4, 0.5) is 34.1 Å². The van der Waals surface area contributed by atoms with Gasteiger partial charge in [-0.3, -0.25) is 0 Å². The Labute approximate surface area is 330 Å². The highest BCUT2D eigenvalue weighted by Crippen LogP contribution is 2.48. The summed E-state index contributed by atoms with van der Waals surface area (Å²) in [5.74, 6) is -0.298. The first-order valence-corrected chi connectivity index (χ1v) is 19.5. The van der Waals surface area contributed by atoms with Crippen LogP contribution in [0, 0.1) is 6.92 Å². The fourth-order valence-electron chi connectivity index (χ4n) is 8.22. The van der Waals surface area contributed by atoms with E-state index in [1.165, 1.54) is 37.2 Å². The van der Waals surface area contributed by atoms with E-state index in [1.54, 1.807) is 0 Å². The Kier molecular flexibility index (Phi) is 8.26. The van der Waals surface area contributed by atoms with Gasteiger partial charge < -0.3 is 14.9 Å². The zero-order chi connectivity index (χ0) is 39.0. The van der Waals surface area contributed by atoms with Gasteiger partial charge in [0.05, 0.1) is 11.4 Å². The first kappa shape index (κ1) is 36.7. The van der Waals surface area contributed by atoms with Crippen LogP contribution in [0.5, 0.6) is 5.75 Å². The van der Waals surface area contributed by atoms with E-state index in [9.17, 15) is 5.11 Å². The lowest BCUT2D eigenvalue weighted by Gasteiger charge is -2.45. The zero-order valence-corrected chi connectivity index (χ0v) is 33.9. The van der Waals surface area contributed by atoms with Crippen molar-refractivity contribution in [1.82, 2.24) is 0 Å². The minimum absolute atomic E-state index is 0.00946. The van der Waals surface area contributed by atoms with Gasteiger partial charge in [-0.25, -0.2) is 0 Å². The number of benzene rings is 5. The summed E-state index contributed by atoms with van der Waals surface area (Å²) in [7, 11) is 26.6. The van der Waals surface area contributed by atoms with Crippen LogP contribution in [-0.2, 0) is 16.2 Å². The molecule has 2 aliphatic heterocycles. The summed E-state index contributed by atoms with van der Waals surface area (Å²) < 4.78 is 2.53. The van der Waals surface area contributed by atoms with Crippen molar-refractivity contribution in [2.45, 2.75) is 85.5 Å². The molecule has 0 fully saturated rings. The van der Waals surface area contributed by atoms with E-state index in [1.807, 2.05) is 11.3 Å². The summed E-state index contributed by atoms with van der Waals surface area (Å²) in [4.78, 5) is 4.59. The van der Waals surface area contributed by atoms with Crippen molar-refractivity contribution in [3.63, 3.8) is 0 Å². The Bertz CT molecular complexity index is 2510. The number of rotatable bonds is 2. The standard InChI is InChI=1S/C45H43B5N2OS/c1-23-19-31-38-32(20-23)52(40-34(46)36(48)41(53)37(49)35(40)47)30-17-13-26(45(8,9)10)22-29(30)50(38)42-39(28-21-25(44(5,6)7)14-18-33(28)54-42)51(31)27-15-11-24(12-16-27)43(2,3)4/h11-22,53H,1-10H3. The van der Waals surface area contributed by atoms with Gasteiger partial charge in [0.25, 0.3) is 6.71 Å². The lowest BCUT2D eigenvalue weighted by molar-refractivity contribution is 0.484. The molecule has 54 heavy (non-hydrogen) atoms. The van der Waals surface area contributed by atoms with E-state index in [4.69, 9.17) is 31.4 Å². The number of aromatic hydroxyl groups is 1. The van der Waals surface area contributed by atoms with Crippen molar-refractivity contribution >= 4 is 131 Å². The van der Waals surface area contributed by atoms with Crippen molar-refractivity contribution in [3.8, 4) is 5.75 Å². The molecule has 5 aromatic carbocycles. The Morgan fingerprint density at radius 2 is 1.09 bits per heavy atom. The topological polar surface area (TPSA) is 26.7 Å². The minimum Gasteiger partial charge on any atom is -0.509 e.